The second-order valence-electron chi connectivity index (χ2n) is 8.18. The quantitative estimate of drug-likeness (QED) is 0.354. The van der Waals surface area contributed by atoms with Crippen LogP contribution in [0.3, 0.4) is 0 Å². The number of nitrogens with zero attached hydrogens (tertiary/aromatic N) is 2. The molecule has 0 bridgehead atoms. The zero-order valence-corrected chi connectivity index (χ0v) is 23.9. The standard InChI is InChI=1S/C26H26Cl3N3O5S/c1-17(26(34)30-2)31(15-22-23(28)8-5-9-24(22)29)25(33)16-32(19-7-4-6-18(27)14-19)38(35,36)21-12-10-20(37-3)11-13-21/h4-14,17H,15-16H2,1-3H3,(H,30,34). The molecule has 202 valence electrons. The minimum Gasteiger partial charge on any atom is -0.497 e. The average molecular weight is 599 g/mol. The lowest BCUT2D eigenvalue weighted by molar-refractivity contribution is -0.139. The van der Waals surface area contributed by atoms with Crippen LogP contribution in [0.5, 0.6) is 5.75 Å². The number of likely N-dealkylation sites (N-methyl/N-ethyl adjacent to an activating group) is 1. The third kappa shape index (κ3) is 6.71. The highest BCUT2D eigenvalue weighted by Crippen LogP contribution is 2.29. The summed E-state index contributed by atoms with van der Waals surface area (Å²) in [6, 6.07) is 15.8. The number of hydrogen-bond donors (Lipinski definition) is 1. The second-order valence-corrected chi connectivity index (χ2v) is 11.3. The summed E-state index contributed by atoms with van der Waals surface area (Å²) in [5.41, 5.74) is 0.595. The number of carbonyl (C=O) groups excluding carboxylic acids is 2. The van der Waals surface area contributed by atoms with E-state index in [9.17, 15) is 18.0 Å². The fourth-order valence-electron chi connectivity index (χ4n) is 3.68. The molecule has 3 aromatic carbocycles. The molecule has 0 saturated carbocycles. The third-order valence-electron chi connectivity index (χ3n) is 5.83. The van der Waals surface area contributed by atoms with Gasteiger partial charge in [0.2, 0.25) is 11.8 Å². The van der Waals surface area contributed by atoms with Crippen molar-refractivity contribution in [2.45, 2.75) is 24.4 Å². The topological polar surface area (TPSA) is 96.0 Å². The maximum atomic E-state index is 13.8. The van der Waals surface area contributed by atoms with Gasteiger partial charge in [-0.3, -0.25) is 13.9 Å². The third-order valence-corrected chi connectivity index (χ3v) is 8.56. The predicted octanol–water partition coefficient (Wildman–Crippen LogP) is 5.01. The lowest BCUT2D eigenvalue weighted by Crippen LogP contribution is -2.50. The number of carbonyl (C=O) groups is 2. The van der Waals surface area contributed by atoms with Gasteiger partial charge in [0.05, 0.1) is 17.7 Å². The molecule has 0 fully saturated rings. The normalized spacial score (nSPS) is 11.9. The van der Waals surface area contributed by atoms with Gasteiger partial charge in [-0.25, -0.2) is 8.42 Å². The number of anilines is 1. The van der Waals surface area contributed by atoms with E-state index in [2.05, 4.69) is 5.32 Å². The van der Waals surface area contributed by atoms with Gasteiger partial charge in [-0.05, 0) is 61.5 Å². The molecule has 3 aromatic rings. The largest absolute Gasteiger partial charge is 0.497 e. The summed E-state index contributed by atoms with van der Waals surface area (Å²) < 4.78 is 33.6. The Balaban J connectivity index is 2.07. The van der Waals surface area contributed by atoms with Crippen molar-refractivity contribution in [2.24, 2.45) is 0 Å². The number of halogens is 3. The maximum Gasteiger partial charge on any atom is 0.264 e. The zero-order valence-electron chi connectivity index (χ0n) is 20.8. The van der Waals surface area contributed by atoms with Crippen molar-refractivity contribution >= 4 is 62.3 Å². The van der Waals surface area contributed by atoms with E-state index in [0.29, 0.717) is 21.4 Å². The van der Waals surface area contributed by atoms with Crippen molar-refractivity contribution in [3.05, 3.63) is 87.4 Å². The number of amides is 2. The first-order valence-electron chi connectivity index (χ1n) is 11.4. The SMILES string of the molecule is CNC(=O)C(C)N(Cc1c(Cl)cccc1Cl)C(=O)CN(c1cccc(Cl)c1)S(=O)(=O)c1ccc(OC)cc1. The number of benzene rings is 3. The molecule has 1 unspecified atom stereocenters. The van der Waals surface area contributed by atoms with Crippen LogP contribution < -0.4 is 14.4 Å². The minimum atomic E-state index is -4.25. The smallest absolute Gasteiger partial charge is 0.264 e. The summed E-state index contributed by atoms with van der Waals surface area (Å²) in [4.78, 5) is 27.5. The van der Waals surface area contributed by atoms with Gasteiger partial charge in [0, 0.05) is 34.2 Å². The van der Waals surface area contributed by atoms with Gasteiger partial charge in [-0.2, -0.15) is 0 Å². The Hall–Kier alpha value is -2.98. The summed E-state index contributed by atoms with van der Waals surface area (Å²) in [6.45, 7) is 0.777. The Morgan fingerprint density at radius 3 is 2.13 bits per heavy atom. The number of nitrogens with one attached hydrogen (secondary N) is 1. The predicted molar refractivity (Wildman–Crippen MR) is 150 cm³/mol. The van der Waals surface area contributed by atoms with Crippen molar-refractivity contribution in [3.8, 4) is 5.75 Å². The Bertz CT molecular complexity index is 1400. The summed E-state index contributed by atoms with van der Waals surface area (Å²) in [5.74, 6) is -0.639. The highest BCUT2D eigenvalue weighted by Gasteiger charge is 2.33. The molecule has 38 heavy (non-hydrogen) atoms. The molecular formula is C26H26Cl3N3O5S. The molecule has 0 heterocycles. The van der Waals surface area contributed by atoms with Gasteiger partial charge in [0.1, 0.15) is 18.3 Å². The van der Waals surface area contributed by atoms with Gasteiger partial charge >= 0.3 is 0 Å². The van der Waals surface area contributed by atoms with Gasteiger partial charge in [-0.1, -0.05) is 46.9 Å². The first-order valence-corrected chi connectivity index (χ1v) is 13.9. The lowest BCUT2D eigenvalue weighted by Gasteiger charge is -2.32. The van der Waals surface area contributed by atoms with Crippen molar-refractivity contribution in [2.75, 3.05) is 25.0 Å². The summed E-state index contributed by atoms with van der Waals surface area (Å²) >= 11 is 18.8. The number of rotatable bonds is 10. The Morgan fingerprint density at radius 2 is 1.58 bits per heavy atom. The Kier molecular flexibility index (Phi) is 9.89. The van der Waals surface area contributed by atoms with Crippen LogP contribution in [0.4, 0.5) is 5.69 Å². The Morgan fingerprint density at radius 1 is 0.974 bits per heavy atom. The number of ether oxygens (including phenoxy) is 1. The van der Waals surface area contributed by atoms with Crippen molar-refractivity contribution < 1.29 is 22.7 Å². The fourth-order valence-corrected chi connectivity index (χ4v) is 5.79. The van der Waals surface area contributed by atoms with Gasteiger partial charge < -0.3 is 15.0 Å². The van der Waals surface area contributed by atoms with Crippen LogP contribution in [0.25, 0.3) is 0 Å². The van der Waals surface area contributed by atoms with E-state index in [4.69, 9.17) is 39.5 Å². The van der Waals surface area contributed by atoms with Crippen LogP contribution in [-0.4, -0.2) is 51.9 Å². The van der Waals surface area contributed by atoms with E-state index in [0.717, 1.165) is 4.31 Å². The monoisotopic (exact) mass is 597 g/mol. The van der Waals surface area contributed by atoms with E-state index in [1.54, 1.807) is 30.3 Å². The molecule has 8 nitrogen and oxygen atoms in total. The molecule has 0 aromatic heterocycles. The van der Waals surface area contributed by atoms with Crippen molar-refractivity contribution in [1.29, 1.82) is 0 Å². The van der Waals surface area contributed by atoms with E-state index in [1.165, 1.54) is 62.4 Å². The molecule has 12 heteroatoms. The summed E-state index contributed by atoms with van der Waals surface area (Å²) in [5, 5.41) is 3.40. The molecule has 0 aliphatic rings. The van der Waals surface area contributed by atoms with Crippen LogP contribution in [0.2, 0.25) is 15.1 Å². The Labute approximate surface area is 237 Å². The molecule has 1 atom stereocenters. The molecule has 0 spiro atoms. The molecule has 0 radical (unpaired) electrons. The number of hydrogen-bond acceptors (Lipinski definition) is 5. The van der Waals surface area contributed by atoms with Crippen LogP contribution in [0.1, 0.15) is 12.5 Å². The van der Waals surface area contributed by atoms with Crippen LogP contribution in [0, 0.1) is 0 Å². The van der Waals surface area contributed by atoms with E-state index >= 15 is 0 Å². The van der Waals surface area contributed by atoms with Gasteiger partial charge in [0.15, 0.2) is 0 Å². The van der Waals surface area contributed by atoms with Crippen LogP contribution in [-0.2, 0) is 26.2 Å². The second kappa shape index (κ2) is 12.7. The summed E-state index contributed by atoms with van der Waals surface area (Å²) in [7, 11) is -1.34. The van der Waals surface area contributed by atoms with Crippen LogP contribution >= 0.6 is 34.8 Å². The number of methoxy groups -OCH3 is 1. The van der Waals surface area contributed by atoms with Crippen molar-refractivity contribution in [3.63, 3.8) is 0 Å². The van der Waals surface area contributed by atoms with E-state index in [1.807, 2.05) is 0 Å². The molecule has 0 aliphatic heterocycles. The maximum absolute atomic E-state index is 13.8. The number of sulfonamides is 1. The van der Waals surface area contributed by atoms with E-state index in [-0.39, 0.29) is 22.2 Å². The highest BCUT2D eigenvalue weighted by atomic mass is 35.5. The molecule has 0 saturated heterocycles. The zero-order chi connectivity index (χ0) is 28.0. The molecule has 0 aliphatic carbocycles. The summed E-state index contributed by atoms with van der Waals surface area (Å²) in [6.07, 6.45) is 0. The van der Waals surface area contributed by atoms with Crippen LogP contribution in [0.15, 0.2) is 71.6 Å². The highest BCUT2D eigenvalue weighted by molar-refractivity contribution is 7.92. The molecule has 1 N–H and O–H groups in total. The first kappa shape index (κ1) is 29.6. The lowest BCUT2D eigenvalue weighted by atomic mass is 10.1. The van der Waals surface area contributed by atoms with Crippen molar-refractivity contribution in [1.82, 2.24) is 10.2 Å². The van der Waals surface area contributed by atoms with Gasteiger partial charge in [-0.15, -0.1) is 0 Å². The van der Waals surface area contributed by atoms with E-state index < -0.39 is 34.4 Å². The minimum absolute atomic E-state index is 0.0638. The first-order chi connectivity index (χ1) is 18.0. The fraction of sp³-hybridized carbons (Fsp3) is 0.231. The molecular weight excluding hydrogens is 573 g/mol. The van der Waals surface area contributed by atoms with Gasteiger partial charge in [0.25, 0.3) is 10.0 Å². The average Bonchev–Trinajstić information content (AvgIpc) is 2.90. The molecule has 3 rings (SSSR count). The molecule has 2 amide bonds.